The van der Waals surface area contributed by atoms with E-state index < -0.39 is 38.2 Å². The number of rotatable bonds is 4. The van der Waals surface area contributed by atoms with Gasteiger partial charge in [0.2, 0.25) is 0 Å². The van der Waals surface area contributed by atoms with Crippen LogP contribution in [0.15, 0.2) is 47.2 Å². The lowest BCUT2D eigenvalue weighted by Crippen LogP contribution is -2.42. The van der Waals surface area contributed by atoms with Crippen molar-refractivity contribution in [2.45, 2.75) is 23.9 Å². The summed E-state index contributed by atoms with van der Waals surface area (Å²) < 4.78 is 31.7. The van der Waals surface area contributed by atoms with E-state index in [1.54, 1.807) is 0 Å². The van der Waals surface area contributed by atoms with Crippen LogP contribution in [-0.4, -0.2) is 50.7 Å². The summed E-state index contributed by atoms with van der Waals surface area (Å²) in [6.07, 6.45) is 1.37. The first-order valence-electron chi connectivity index (χ1n) is 6.38. The highest BCUT2D eigenvalue weighted by Gasteiger charge is 2.38. The zero-order valence-electron chi connectivity index (χ0n) is 11.5. The van der Waals surface area contributed by atoms with Crippen LogP contribution in [0.4, 0.5) is 0 Å². The molecule has 11 heteroatoms. The Bertz CT molecular complexity index is 749. The number of allylic oxidation sites excluding steroid dienone is 2. The molecule has 0 aromatic rings. The molecule has 0 aliphatic heterocycles. The highest BCUT2D eigenvalue weighted by Crippen LogP contribution is 2.25. The van der Waals surface area contributed by atoms with Crippen LogP contribution in [-0.2, 0) is 10.1 Å². The number of aliphatic hydroxyl groups is 3. The second-order valence-corrected chi connectivity index (χ2v) is 6.52. The average molecular weight is 346 g/mol. The van der Waals surface area contributed by atoms with Gasteiger partial charge in [-0.15, -0.1) is 0 Å². The number of nitrogens with one attached hydrogen (secondary N) is 1. The highest BCUT2D eigenvalue weighted by atomic mass is 32.2. The van der Waals surface area contributed by atoms with Gasteiger partial charge in [0, 0.05) is 12.2 Å². The Morgan fingerprint density at radius 2 is 2.00 bits per heavy atom. The first-order chi connectivity index (χ1) is 10.6. The van der Waals surface area contributed by atoms with Gasteiger partial charge in [-0.05, 0) is 12.5 Å². The summed E-state index contributed by atoms with van der Waals surface area (Å²) in [5, 5.41) is 40.9. The van der Waals surface area contributed by atoms with Crippen molar-refractivity contribution in [2.24, 2.45) is 0 Å². The van der Waals surface area contributed by atoms with Gasteiger partial charge in [0.15, 0.2) is 0 Å². The minimum absolute atomic E-state index is 0.142. The second kappa shape index (κ2) is 6.12. The summed E-state index contributed by atoms with van der Waals surface area (Å²) in [4.78, 5) is 9.99. The first kappa shape index (κ1) is 17.1. The van der Waals surface area contributed by atoms with Crippen molar-refractivity contribution < 1.29 is 33.2 Å². The van der Waals surface area contributed by atoms with E-state index in [-0.39, 0.29) is 23.6 Å². The van der Waals surface area contributed by atoms with E-state index in [4.69, 9.17) is 4.55 Å². The minimum Gasteiger partial charge on any atom is -0.506 e. The van der Waals surface area contributed by atoms with E-state index in [1.807, 2.05) is 0 Å². The van der Waals surface area contributed by atoms with Gasteiger partial charge in [-0.3, -0.25) is 14.7 Å². The predicted octanol–water partition coefficient (Wildman–Crippen LogP) is -0.658. The van der Waals surface area contributed by atoms with Crippen LogP contribution in [0, 0.1) is 10.1 Å². The molecule has 5 N–H and O–H groups in total. The van der Waals surface area contributed by atoms with Crippen LogP contribution >= 0.6 is 0 Å². The molecular weight excluding hydrogens is 332 g/mol. The molecule has 1 unspecified atom stereocenters. The number of nitro groups is 1. The van der Waals surface area contributed by atoms with Crippen molar-refractivity contribution in [3.63, 3.8) is 0 Å². The van der Waals surface area contributed by atoms with Crippen LogP contribution < -0.4 is 5.32 Å². The van der Waals surface area contributed by atoms with Gasteiger partial charge in [0.05, 0.1) is 16.3 Å². The Morgan fingerprint density at radius 1 is 1.35 bits per heavy atom. The Hall–Kier alpha value is -2.21. The lowest BCUT2D eigenvalue weighted by atomic mass is 10.0. The summed E-state index contributed by atoms with van der Waals surface area (Å²) in [6, 6.07) is 0. The van der Waals surface area contributed by atoms with Crippen molar-refractivity contribution in [3.8, 4) is 0 Å². The van der Waals surface area contributed by atoms with Gasteiger partial charge in [0.1, 0.15) is 23.2 Å². The van der Waals surface area contributed by atoms with Gasteiger partial charge in [-0.2, -0.15) is 8.42 Å². The molecule has 23 heavy (non-hydrogen) atoms. The Kier molecular flexibility index (Phi) is 4.56. The molecule has 0 amide bonds. The zero-order chi connectivity index (χ0) is 17.4. The largest absolute Gasteiger partial charge is 0.506 e. The molecule has 3 atom stereocenters. The molecule has 0 bridgehead atoms. The Balaban J connectivity index is 2.42. The monoisotopic (exact) mass is 346 g/mol. The summed E-state index contributed by atoms with van der Waals surface area (Å²) in [6.45, 7) is 0. The maximum atomic E-state index is 11.3. The van der Waals surface area contributed by atoms with Crippen molar-refractivity contribution in [2.75, 3.05) is 0 Å². The van der Waals surface area contributed by atoms with Crippen molar-refractivity contribution in [3.05, 3.63) is 57.3 Å². The standard InChI is InChI=1S/C12H14N2O8S/c15-8-2-1-3-9(16)11(8)13-7-4-6(14(18)19)5-10(12(7)17)23(20,21)22/h1-2,4-5,9-10,12-13,15-17H,3H2,(H,20,21,22)/t9-,10?,12-/m0/s1. The predicted molar refractivity (Wildman–Crippen MR) is 77.1 cm³/mol. The van der Waals surface area contributed by atoms with Gasteiger partial charge >= 0.3 is 0 Å². The summed E-state index contributed by atoms with van der Waals surface area (Å²) in [5.41, 5.74) is -1.16. The third-order valence-corrected chi connectivity index (χ3v) is 4.43. The van der Waals surface area contributed by atoms with Crippen molar-refractivity contribution in [1.82, 2.24) is 5.32 Å². The van der Waals surface area contributed by atoms with Gasteiger partial charge in [0.25, 0.3) is 15.8 Å². The molecule has 0 radical (unpaired) electrons. The molecule has 126 valence electrons. The fourth-order valence-corrected chi connectivity index (χ4v) is 2.98. The third-order valence-electron chi connectivity index (χ3n) is 3.35. The smallest absolute Gasteiger partial charge is 0.274 e. The van der Waals surface area contributed by atoms with E-state index in [0.717, 1.165) is 6.08 Å². The maximum Gasteiger partial charge on any atom is 0.274 e. The lowest BCUT2D eigenvalue weighted by Gasteiger charge is -2.27. The SMILES string of the molecule is O=[N+]([O-])C1=CC(S(=O)(=O)O)[C@@H](O)C(NC2=C(O)C=CC[C@@H]2O)=C1. The van der Waals surface area contributed by atoms with Crippen molar-refractivity contribution in [1.29, 1.82) is 0 Å². The molecule has 0 aromatic heterocycles. The van der Waals surface area contributed by atoms with E-state index >= 15 is 0 Å². The van der Waals surface area contributed by atoms with E-state index in [2.05, 4.69) is 5.32 Å². The molecule has 0 fully saturated rings. The zero-order valence-corrected chi connectivity index (χ0v) is 12.3. The average Bonchev–Trinajstić information content (AvgIpc) is 2.43. The topological polar surface area (TPSA) is 170 Å². The first-order valence-corrected chi connectivity index (χ1v) is 7.88. The van der Waals surface area contributed by atoms with Crippen molar-refractivity contribution >= 4 is 10.1 Å². The van der Waals surface area contributed by atoms with Gasteiger partial charge in [-0.1, -0.05) is 6.08 Å². The second-order valence-electron chi connectivity index (χ2n) is 4.95. The normalized spacial score (nSPS) is 28.2. The lowest BCUT2D eigenvalue weighted by molar-refractivity contribution is -0.419. The Morgan fingerprint density at radius 3 is 2.52 bits per heavy atom. The highest BCUT2D eigenvalue weighted by molar-refractivity contribution is 7.86. The quantitative estimate of drug-likeness (QED) is 0.252. The minimum atomic E-state index is -4.81. The fourth-order valence-electron chi connectivity index (χ4n) is 2.19. The molecule has 0 aromatic carbocycles. The third kappa shape index (κ3) is 3.59. The molecule has 0 heterocycles. The summed E-state index contributed by atoms with van der Waals surface area (Å²) in [5.74, 6) is -0.363. The molecule has 0 saturated carbocycles. The van der Waals surface area contributed by atoms with E-state index in [0.29, 0.717) is 6.08 Å². The molecule has 10 nitrogen and oxygen atoms in total. The molecule has 0 saturated heterocycles. The molecular formula is C12H14N2O8S. The molecule has 2 rings (SSSR count). The van der Waals surface area contributed by atoms with Crippen LogP contribution in [0.2, 0.25) is 0 Å². The van der Waals surface area contributed by atoms with Crippen LogP contribution in [0.5, 0.6) is 0 Å². The number of aliphatic hydroxyl groups excluding tert-OH is 3. The number of hydrogen-bond acceptors (Lipinski definition) is 8. The maximum absolute atomic E-state index is 11.3. The fraction of sp³-hybridized carbons (Fsp3) is 0.333. The van der Waals surface area contributed by atoms with Gasteiger partial charge < -0.3 is 20.6 Å². The van der Waals surface area contributed by atoms with Crippen LogP contribution in [0.1, 0.15) is 6.42 Å². The molecule has 0 spiro atoms. The van der Waals surface area contributed by atoms with E-state index in [1.165, 1.54) is 12.2 Å². The van der Waals surface area contributed by atoms with E-state index in [9.17, 15) is 33.9 Å². The number of nitrogens with zero attached hydrogens (tertiary/aromatic N) is 1. The summed E-state index contributed by atoms with van der Waals surface area (Å²) >= 11 is 0. The molecule has 2 aliphatic rings. The van der Waals surface area contributed by atoms with Crippen LogP contribution in [0.25, 0.3) is 0 Å². The van der Waals surface area contributed by atoms with Gasteiger partial charge in [-0.25, -0.2) is 0 Å². The summed E-state index contributed by atoms with van der Waals surface area (Å²) in [7, 11) is -4.81. The Labute approximate surface area is 130 Å². The number of hydrogen-bond donors (Lipinski definition) is 5. The molecule has 2 aliphatic carbocycles. The van der Waals surface area contributed by atoms with Crippen LogP contribution in [0.3, 0.4) is 0 Å².